The first kappa shape index (κ1) is 14.9. The molecule has 104 valence electrons. The number of hydrogen-bond acceptors (Lipinski definition) is 4. The lowest BCUT2D eigenvalue weighted by Crippen LogP contribution is -2.34. The molecule has 0 bridgehead atoms. The number of benzene rings is 1. The fraction of sp³-hybridized carbons (Fsp3) is 0.462. The summed E-state index contributed by atoms with van der Waals surface area (Å²) >= 11 is 0. The van der Waals surface area contributed by atoms with Gasteiger partial charge in [-0.05, 0) is 25.0 Å². The van der Waals surface area contributed by atoms with Crippen molar-refractivity contribution in [2.75, 3.05) is 13.1 Å². The lowest BCUT2D eigenvalue weighted by molar-refractivity contribution is -0.385. The summed E-state index contributed by atoms with van der Waals surface area (Å²) in [6, 6.07) is 3.49. The number of hydrogen-bond donors (Lipinski definition) is 1. The second kappa shape index (κ2) is 6.17. The van der Waals surface area contributed by atoms with Crippen LogP contribution in [0.15, 0.2) is 18.2 Å². The van der Waals surface area contributed by atoms with Crippen LogP contribution >= 0.6 is 0 Å². The zero-order valence-corrected chi connectivity index (χ0v) is 11.3. The summed E-state index contributed by atoms with van der Waals surface area (Å²) in [5.41, 5.74) is -0.363. The normalized spacial score (nSPS) is 10.5. The van der Waals surface area contributed by atoms with Crippen molar-refractivity contribution >= 4 is 11.6 Å². The van der Waals surface area contributed by atoms with Gasteiger partial charge in [0.1, 0.15) is 11.3 Å². The van der Waals surface area contributed by atoms with Crippen molar-refractivity contribution < 1.29 is 14.8 Å². The van der Waals surface area contributed by atoms with Gasteiger partial charge in [-0.3, -0.25) is 14.9 Å². The Morgan fingerprint density at radius 3 is 2.58 bits per heavy atom. The van der Waals surface area contributed by atoms with Crippen LogP contribution in [-0.2, 0) is 0 Å². The van der Waals surface area contributed by atoms with Crippen LogP contribution in [0.25, 0.3) is 0 Å². The van der Waals surface area contributed by atoms with E-state index in [2.05, 4.69) is 0 Å². The molecule has 0 aromatic heterocycles. The van der Waals surface area contributed by atoms with Gasteiger partial charge < -0.3 is 10.0 Å². The number of carbonyl (C=O) groups excluding carboxylic acids is 1. The molecule has 6 nitrogen and oxygen atoms in total. The summed E-state index contributed by atoms with van der Waals surface area (Å²) in [6.07, 6.45) is 0. The second-order valence-electron chi connectivity index (χ2n) is 4.70. The van der Waals surface area contributed by atoms with Gasteiger partial charge in [0.25, 0.3) is 11.6 Å². The molecule has 0 saturated carbocycles. The number of phenolic OH excluding ortho intramolecular Hbond substituents is 1. The van der Waals surface area contributed by atoms with Crippen LogP contribution in [-0.4, -0.2) is 33.9 Å². The number of amides is 1. The minimum atomic E-state index is -0.615. The van der Waals surface area contributed by atoms with Crippen LogP contribution in [0, 0.1) is 16.0 Å². The summed E-state index contributed by atoms with van der Waals surface area (Å²) < 4.78 is 0. The molecule has 0 aliphatic heterocycles. The zero-order chi connectivity index (χ0) is 14.6. The van der Waals surface area contributed by atoms with Crippen LogP contribution in [0.3, 0.4) is 0 Å². The van der Waals surface area contributed by atoms with Crippen molar-refractivity contribution in [1.29, 1.82) is 0 Å². The third-order valence-corrected chi connectivity index (χ3v) is 2.66. The molecule has 0 fully saturated rings. The molecule has 0 heterocycles. The van der Waals surface area contributed by atoms with Gasteiger partial charge in [0.15, 0.2) is 0 Å². The van der Waals surface area contributed by atoms with E-state index in [1.807, 2.05) is 20.8 Å². The van der Waals surface area contributed by atoms with Gasteiger partial charge in [-0.1, -0.05) is 13.8 Å². The van der Waals surface area contributed by atoms with Crippen LogP contribution < -0.4 is 0 Å². The molecule has 0 aliphatic rings. The van der Waals surface area contributed by atoms with Gasteiger partial charge in [-0.25, -0.2) is 0 Å². The highest BCUT2D eigenvalue weighted by molar-refractivity contribution is 5.98. The Hall–Kier alpha value is -2.11. The van der Waals surface area contributed by atoms with Crippen LogP contribution in [0.5, 0.6) is 5.75 Å². The molecule has 6 heteroatoms. The number of nitro groups is 1. The van der Waals surface area contributed by atoms with Crippen molar-refractivity contribution in [3.8, 4) is 5.75 Å². The third-order valence-electron chi connectivity index (χ3n) is 2.66. The first-order valence-corrected chi connectivity index (χ1v) is 6.13. The maximum atomic E-state index is 12.3. The molecule has 0 unspecified atom stereocenters. The van der Waals surface area contributed by atoms with E-state index in [-0.39, 0.29) is 22.9 Å². The Balaban J connectivity index is 3.16. The standard InChI is InChI=1S/C13H18N2O4/c1-4-14(8-9(2)3)13(17)11-7-10(16)5-6-12(11)15(18)19/h5-7,9,16H,4,8H2,1-3H3. The Morgan fingerprint density at radius 2 is 2.11 bits per heavy atom. The number of nitrogens with zero attached hydrogens (tertiary/aromatic N) is 2. The summed E-state index contributed by atoms with van der Waals surface area (Å²) in [5.74, 6) is -0.325. The number of carbonyl (C=O) groups is 1. The monoisotopic (exact) mass is 266 g/mol. The van der Waals surface area contributed by atoms with Crippen LogP contribution in [0.2, 0.25) is 0 Å². The minimum absolute atomic E-state index is 0.0764. The summed E-state index contributed by atoms with van der Waals surface area (Å²) in [7, 11) is 0. The maximum absolute atomic E-state index is 12.3. The van der Waals surface area contributed by atoms with E-state index in [9.17, 15) is 20.0 Å². The van der Waals surface area contributed by atoms with Gasteiger partial charge in [0.05, 0.1) is 4.92 Å². The predicted octanol–water partition coefficient (Wildman–Crippen LogP) is 2.42. The molecule has 0 aliphatic carbocycles. The van der Waals surface area contributed by atoms with E-state index in [1.165, 1.54) is 11.0 Å². The highest BCUT2D eigenvalue weighted by Gasteiger charge is 2.24. The Morgan fingerprint density at radius 1 is 1.47 bits per heavy atom. The predicted molar refractivity (Wildman–Crippen MR) is 71.2 cm³/mol. The molecule has 0 radical (unpaired) electrons. The van der Waals surface area contributed by atoms with Gasteiger partial charge in [-0.15, -0.1) is 0 Å². The van der Waals surface area contributed by atoms with E-state index >= 15 is 0 Å². The van der Waals surface area contributed by atoms with Crippen molar-refractivity contribution in [3.05, 3.63) is 33.9 Å². The molecule has 0 atom stereocenters. The number of aromatic hydroxyl groups is 1. The lowest BCUT2D eigenvalue weighted by Gasteiger charge is -2.22. The molecular formula is C13H18N2O4. The molecule has 1 rings (SSSR count). The van der Waals surface area contributed by atoms with E-state index in [0.717, 1.165) is 12.1 Å². The molecule has 1 N–H and O–H groups in total. The first-order valence-electron chi connectivity index (χ1n) is 6.13. The minimum Gasteiger partial charge on any atom is -0.508 e. The molecule has 1 aromatic rings. The van der Waals surface area contributed by atoms with E-state index in [1.54, 1.807) is 0 Å². The summed E-state index contributed by atoms with van der Waals surface area (Å²) in [6.45, 7) is 6.72. The first-order chi connectivity index (χ1) is 8.86. The quantitative estimate of drug-likeness (QED) is 0.655. The maximum Gasteiger partial charge on any atom is 0.282 e. The Kier molecular flexibility index (Phi) is 4.86. The third kappa shape index (κ3) is 3.67. The largest absolute Gasteiger partial charge is 0.508 e. The van der Waals surface area contributed by atoms with Crippen LogP contribution in [0.1, 0.15) is 31.1 Å². The molecule has 1 aromatic carbocycles. The van der Waals surface area contributed by atoms with Gasteiger partial charge >= 0.3 is 0 Å². The van der Waals surface area contributed by atoms with Crippen molar-refractivity contribution in [3.63, 3.8) is 0 Å². The SMILES string of the molecule is CCN(CC(C)C)C(=O)c1cc(O)ccc1[N+](=O)[O-]. The Bertz CT molecular complexity index is 486. The van der Waals surface area contributed by atoms with Gasteiger partial charge in [0, 0.05) is 19.2 Å². The summed E-state index contributed by atoms with van der Waals surface area (Å²) in [5, 5.41) is 20.3. The average molecular weight is 266 g/mol. The van der Waals surface area contributed by atoms with Crippen LogP contribution in [0.4, 0.5) is 5.69 Å². The van der Waals surface area contributed by atoms with E-state index in [0.29, 0.717) is 13.1 Å². The highest BCUT2D eigenvalue weighted by atomic mass is 16.6. The lowest BCUT2D eigenvalue weighted by atomic mass is 10.1. The van der Waals surface area contributed by atoms with Crippen molar-refractivity contribution in [2.24, 2.45) is 5.92 Å². The highest BCUT2D eigenvalue weighted by Crippen LogP contribution is 2.24. The van der Waals surface area contributed by atoms with Crippen molar-refractivity contribution in [1.82, 2.24) is 4.90 Å². The average Bonchev–Trinajstić information content (AvgIpc) is 2.34. The fourth-order valence-electron chi connectivity index (χ4n) is 1.82. The number of phenols is 1. The number of rotatable bonds is 5. The number of nitro benzene ring substituents is 1. The molecule has 1 amide bonds. The smallest absolute Gasteiger partial charge is 0.282 e. The molecular weight excluding hydrogens is 248 g/mol. The molecule has 0 saturated heterocycles. The molecule has 19 heavy (non-hydrogen) atoms. The zero-order valence-electron chi connectivity index (χ0n) is 11.3. The second-order valence-corrected chi connectivity index (χ2v) is 4.70. The fourth-order valence-corrected chi connectivity index (χ4v) is 1.82. The topological polar surface area (TPSA) is 83.7 Å². The van der Waals surface area contributed by atoms with E-state index in [4.69, 9.17) is 0 Å². The Labute approximate surface area is 111 Å². The van der Waals surface area contributed by atoms with E-state index < -0.39 is 10.8 Å². The summed E-state index contributed by atoms with van der Waals surface area (Å²) in [4.78, 5) is 24.1. The molecule has 0 spiro atoms. The van der Waals surface area contributed by atoms with Gasteiger partial charge in [-0.2, -0.15) is 0 Å². The van der Waals surface area contributed by atoms with Crippen molar-refractivity contribution in [2.45, 2.75) is 20.8 Å². The van der Waals surface area contributed by atoms with Gasteiger partial charge in [0.2, 0.25) is 0 Å².